The molecular formula is C19H30N4O7. The minimum atomic E-state index is -1.41. The topological polar surface area (TPSA) is 207 Å². The molecule has 11 N–H and O–H groups in total. The predicted octanol–water partition coefficient (Wildman–Crippen LogP) is -3.64. The summed E-state index contributed by atoms with van der Waals surface area (Å²) >= 11 is 0. The Hall–Kier alpha value is -1.67. The van der Waals surface area contributed by atoms with Crippen molar-refractivity contribution in [2.45, 2.75) is 67.5 Å². The number of ether oxygens (including phenoxy) is 2. The highest BCUT2D eigenvalue weighted by molar-refractivity contribution is 5.94. The quantitative estimate of drug-likeness (QED) is 0.232. The Bertz CT molecular complexity index is 711. The molecule has 1 aliphatic heterocycles. The minimum absolute atomic E-state index is 0.120. The van der Waals surface area contributed by atoms with Crippen LogP contribution in [-0.4, -0.2) is 93.9 Å². The first-order chi connectivity index (χ1) is 14.2. The van der Waals surface area contributed by atoms with Gasteiger partial charge in [-0.25, -0.2) is 0 Å². The molecule has 0 unspecified atom stereocenters. The summed E-state index contributed by atoms with van der Waals surface area (Å²) in [5.41, 5.74) is 18.1. The molecule has 10 atom stereocenters. The van der Waals surface area contributed by atoms with Crippen LogP contribution in [0.15, 0.2) is 30.3 Å². The van der Waals surface area contributed by atoms with E-state index >= 15 is 0 Å². The van der Waals surface area contributed by atoms with Crippen LogP contribution >= 0.6 is 0 Å². The van der Waals surface area contributed by atoms with Gasteiger partial charge in [0.05, 0.1) is 12.1 Å². The normalized spacial score (nSPS) is 42.0. The molecule has 2 fully saturated rings. The van der Waals surface area contributed by atoms with Gasteiger partial charge >= 0.3 is 0 Å². The summed E-state index contributed by atoms with van der Waals surface area (Å²) < 4.78 is 11.4. The van der Waals surface area contributed by atoms with Crippen LogP contribution in [0.5, 0.6) is 0 Å². The number of nitrogens with two attached hydrogens (primary N) is 3. The van der Waals surface area contributed by atoms with Crippen molar-refractivity contribution >= 4 is 5.91 Å². The van der Waals surface area contributed by atoms with E-state index in [0.29, 0.717) is 5.56 Å². The summed E-state index contributed by atoms with van der Waals surface area (Å²) in [5, 5.41) is 43.5. The van der Waals surface area contributed by atoms with Gasteiger partial charge < -0.3 is 52.4 Å². The van der Waals surface area contributed by atoms with Gasteiger partial charge in [-0.1, -0.05) is 18.2 Å². The molecule has 30 heavy (non-hydrogen) atoms. The molecule has 1 saturated carbocycles. The summed E-state index contributed by atoms with van der Waals surface area (Å²) in [4.78, 5) is 12.2. The Balaban J connectivity index is 1.65. The number of amides is 1. The molecule has 1 heterocycles. The van der Waals surface area contributed by atoms with E-state index in [1.54, 1.807) is 30.3 Å². The summed E-state index contributed by atoms with van der Waals surface area (Å²) in [5.74, 6) is -0.380. The fraction of sp³-hybridized carbons (Fsp3) is 0.632. The highest BCUT2D eigenvalue weighted by Gasteiger charge is 2.48. The molecule has 1 aromatic carbocycles. The fourth-order valence-corrected chi connectivity index (χ4v) is 3.75. The molecular weight excluding hydrogens is 396 g/mol. The van der Waals surface area contributed by atoms with Crippen molar-refractivity contribution in [2.24, 2.45) is 17.2 Å². The average molecular weight is 426 g/mol. The molecule has 1 aromatic rings. The number of aliphatic hydroxyl groups excluding tert-OH is 4. The molecule has 1 amide bonds. The van der Waals surface area contributed by atoms with Crippen LogP contribution in [0.1, 0.15) is 16.8 Å². The van der Waals surface area contributed by atoms with Crippen LogP contribution in [0, 0.1) is 0 Å². The molecule has 0 aromatic heterocycles. The second-order valence-electron chi connectivity index (χ2n) is 7.82. The lowest BCUT2D eigenvalue weighted by Crippen LogP contribution is -2.67. The third-order valence-corrected chi connectivity index (χ3v) is 5.63. The molecule has 3 rings (SSSR count). The average Bonchev–Trinajstić information content (AvgIpc) is 2.74. The highest BCUT2D eigenvalue weighted by atomic mass is 16.7. The van der Waals surface area contributed by atoms with E-state index in [9.17, 15) is 25.2 Å². The zero-order valence-corrected chi connectivity index (χ0v) is 16.3. The molecule has 0 bridgehead atoms. The number of carbonyl (C=O) groups is 1. The first-order valence-electron chi connectivity index (χ1n) is 9.84. The summed E-state index contributed by atoms with van der Waals surface area (Å²) in [6.07, 6.45) is -8.52. The second kappa shape index (κ2) is 9.64. The Morgan fingerprint density at radius 1 is 1.00 bits per heavy atom. The van der Waals surface area contributed by atoms with Crippen LogP contribution in [0.3, 0.4) is 0 Å². The number of aliphatic hydroxyl groups is 4. The lowest BCUT2D eigenvalue weighted by molar-refractivity contribution is -0.288. The van der Waals surface area contributed by atoms with E-state index in [1.807, 2.05) is 0 Å². The first kappa shape index (κ1) is 23.0. The van der Waals surface area contributed by atoms with E-state index in [1.165, 1.54) is 0 Å². The maximum absolute atomic E-state index is 12.2. The zero-order valence-electron chi connectivity index (χ0n) is 16.3. The summed E-state index contributed by atoms with van der Waals surface area (Å²) in [7, 11) is 0. The molecule has 2 aliphatic rings. The van der Waals surface area contributed by atoms with E-state index in [0.717, 1.165) is 0 Å². The minimum Gasteiger partial charge on any atom is -0.389 e. The number of hydrogen-bond donors (Lipinski definition) is 8. The maximum Gasteiger partial charge on any atom is 0.251 e. The number of rotatable bonds is 5. The van der Waals surface area contributed by atoms with Crippen LogP contribution in [0.4, 0.5) is 0 Å². The van der Waals surface area contributed by atoms with Gasteiger partial charge in [0.2, 0.25) is 0 Å². The van der Waals surface area contributed by atoms with Crippen molar-refractivity contribution in [3.05, 3.63) is 35.9 Å². The standard InChI is InChI=1S/C19H30N4O7/c20-9-6-10(21)17(16(27)13(9)24)30-19-12(22)15(26)14(25)11(29-19)7-23-18(28)8-4-2-1-3-5-8/h1-5,9-17,19,24-27H,6-7,20-22H2,(H,23,28)/t9-,10+,11-,12-,13+,14-,15-,16-,17-,19-/m1/s1. The third-order valence-electron chi connectivity index (χ3n) is 5.63. The van der Waals surface area contributed by atoms with Gasteiger partial charge in [0.25, 0.3) is 5.91 Å². The van der Waals surface area contributed by atoms with Gasteiger partial charge in [-0.15, -0.1) is 0 Å². The van der Waals surface area contributed by atoms with Gasteiger partial charge in [-0.2, -0.15) is 0 Å². The molecule has 0 spiro atoms. The zero-order chi connectivity index (χ0) is 22.0. The van der Waals surface area contributed by atoms with Crippen molar-refractivity contribution in [1.82, 2.24) is 5.32 Å². The summed E-state index contributed by atoms with van der Waals surface area (Å²) in [6.45, 7) is -0.120. The summed E-state index contributed by atoms with van der Waals surface area (Å²) in [6, 6.07) is 5.92. The van der Waals surface area contributed by atoms with Gasteiger partial charge in [-0.3, -0.25) is 4.79 Å². The smallest absolute Gasteiger partial charge is 0.251 e. The van der Waals surface area contributed by atoms with Crippen molar-refractivity contribution < 1.29 is 34.7 Å². The number of nitrogens with one attached hydrogen (secondary N) is 1. The molecule has 0 radical (unpaired) electrons. The third kappa shape index (κ3) is 4.80. The Kier molecular flexibility index (Phi) is 7.39. The maximum atomic E-state index is 12.2. The van der Waals surface area contributed by atoms with Gasteiger partial charge in [-0.05, 0) is 18.6 Å². The molecule has 11 heteroatoms. The Morgan fingerprint density at radius 3 is 2.33 bits per heavy atom. The van der Waals surface area contributed by atoms with Crippen molar-refractivity contribution in [2.75, 3.05) is 6.54 Å². The molecule has 1 aliphatic carbocycles. The lowest BCUT2D eigenvalue weighted by atomic mass is 9.84. The molecule has 168 valence electrons. The van der Waals surface area contributed by atoms with Crippen LogP contribution in [0.2, 0.25) is 0 Å². The largest absolute Gasteiger partial charge is 0.389 e. The van der Waals surface area contributed by atoms with E-state index in [-0.39, 0.29) is 18.9 Å². The van der Waals surface area contributed by atoms with Gasteiger partial charge in [0, 0.05) is 24.2 Å². The van der Waals surface area contributed by atoms with Crippen molar-refractivity contribution in [1.29, 1.82) is 0 Å². The molecule has 1 saturated heterocycles. The van der Waals surface area contributed by atoms with Crippen LogP contribution in [-0.2, 0) is 9.47 Å². The number of carbonyl (C=O) groups excluding carboxylic acids is 1. The first-order valence-corrected chi connectivity index (χ1v) is 9.84. The monoisotopic (exact) mass is 426 g/mol. The SMILES string of the molecule is N[C@H]1[C@@H](O[C@H]2[C@H](O)[C@@H](O)[C@H](N)C[C@@H]2N)O[C@H](CNC(=O)c2ccccc2)[C@@H](O)[C@@H]1O. The highest BCUT2D eigenvalue weighted by Crippen LogP contribution is 2.27. The van der Waals surface area contributed by atoms with Crippen LogP contribution in [0.25, 0.3) is 0 Å². The predicted molar refractivity (Wildman–Crippen MR) is 105 cm³/mol. The van der Waals surface area contributed by atoms with Gasteiger partial charge in [0.15, 0.2) is 6.29 Å². The Labute approximate surface area is 173 Å². The Morgan fingerprint density at radius 2 is 1.67 bits per heavy atom. The van der Waals surface area contributed by atoms with E-state index in [4.69, 9.17) is 26.7 Å². The van der Waals surface area contributed by atoms with E-state index < -0.39 is 61.0 Å². The van der Waals surface area contributed by atoms with E-state index in [2.05, 4.69) is 5.32 Å². The fourth-order valence-electron chi connectivity index (χ4n) is 3.75. The molecule has 11 nitrogen and oxygen atoms in total. The number of benzene rings is 1. The number of hydrogen-bond acceptors (Lipinski definition) is 10. The van der Waals surface area contributed by atoms with Crippen LogP contribution < -0.4 is 22.5 Å². The lowest BCUT2D eigenvalue weighted by Gasteiger charge is -2.45. The van der Waals surface area contributed by atoms with Crippen molar-refractivity contribution in [3.63, 3.8) is 0 Å². The van der Waals surface area contributed by atoms with Crippen molar-refractivity contribution in [3.8, 4) is 0 Å². The second-order valence-corrected chi connectivity index (χ2v) is 7.82. The van der Waals surface area contributed by atoms with Gasteiger partial charge in [0.1, 0.15) is 30.5 Å².